The molecule has 3 aromatic rings. The lowest BCUT2D eigenvalue weighted by atomic mass is 10.1. The molecule has 3 rings (SSSR count). The molecule has 0 fully saturated rings. The van der Waals surface area contributed by atoms with Crippen molar-refractivity contribution in [2.24, 2.45) is 0 Å². The van der Waals surface area contributed by atoms with Crippen LogP contribution in [0.25, 0.3) is 5.69 Å². The summed E-state index contributed by atoms with van der Waals surface area (Å²) in [4.78, 5) is 12.3. The van der Waals surface area contributed by atoms with Crippen LogP contribution in [0.5, 0.6) is 0 Å². The minimum atomic E-state index is -0.353. The number of nitrogens with zero attached hydrogens (tertiary/aromatic N) is 4. The molecule has 0 aliphatic heterocycles. The van der Waals surface area contributed by atoms with Crippen LogP contribution >= 0.6 is 23.2 Å². The number of rotatable bonds is 4. The first kappa shape index (κ1) is 18.2. The van der Waals surface area contributed by atoms with Crippen LogP contribution in [-0.4, -0.2) is 26.2 Å². The van der Waals surface area contributed by atoms with E-state index < -0.39 is 0 Å². The molecule has 7 nitrogen and oxygen atoms in total. The third kappa shape index (κ3) is 4.12. The molecule has 0 aliphatic rings. The SMILES string of the molecule is Cc1nnnn1-c1cccc(NC(=O)N[C@@H](C)c2ccc(Cl)cc2Cl)c1. The van der Waals surface area contributed by atoms with Crippen LogP contribution in [0.4, 0.5) is 10.5 Å². The summed E-state index contributed by atoms with van der Waals surface area (Å²) in [5.74, 6) is 0.651. The van der Waals surface area contributed by atoms with Gasteiger partial charge in [-0.25, -0.2) is 4.79 Å². The number of nitrogens with one attached hydrogen (secondary N) is 2. The molecule has 0 saturated carbocycles. The Labute approximate surface area is 160 Å². The lowest BCUT2D eigenvalue weighted by Crippen LogP contribution is -2.31. The fraction of sp³-hybridized carbons (Fsp3) is 0.176. The Morgan fingerprint density at radius 3 is 2.69 bits per heavy atom. The van der Waals surface area contributed by atoms with Crippen LogP contribution in [0.15, 0.2) is 42.5 Å². The van der Waals surface area contributed by atoms with Gasteiger partial charge in [-0.05, 0) is 60.2 Å². The zero-order valence-corrected chi connectivity index (χ0v) is 15.6. The first-order valence-corrected chi connectivity index (χ1v) is 8.57. The van der Waals surface area contributed by atoms with Crippen molar-refractivity contribution >= 4 is 34.9 Å². The van der Waals surface area contributed by atoms with E-state index in [0.717, 1.165) is 11.3 Å². The molecule has 26 heavy (non-hydrogen) atoms. The van der Waals surface area contributed by atoms with Crippen LogP contribution in [-0.2, 0) is 0 Å². The summed E-state index contributed by atoms with van der Waals surface area (Å²) < 4.78 is 1.58. The standard InChI is InChI=1S/C17H16Cl2N6O/c1-10(15-7-6-12(18)8-16(15)19)20-17(26)21-13-4-3-5-14(9-13)25-11(2)22-23-24-25/h3-10H,1-2H3,(H2,20,21,26)/t10-/m0/s1. The Hall–Kier alpha value is -2.64. The van der Waals surface area contributed by atoms with E-state index >= 15 is 0 Å². The van der Waals surface area contributed by atoms with E-state index in [1.165, 1.54) is 0 Å². The van der Waals surface area contributed by atoms with Gasteiger partial charge < -0.3 is 10.6 Å². The summed E-state index contributed by atoms with van der Waals surface area (Å²) in [5, 5.41) is 18.1. The molecule has 0 aliphatic carbocycles. The third-order valence-electron chi connectivity index (χ3n) is 3.75. The molecule has 2 aromatic carbocycles. The fourth-order valence-corrected chi connectivity index (χ4v) is 3.05. The van der Waals surface area contributed by atoms with Crippen LogP contribution in [0.2, 0.25) is 10.0 Å². The van der Waals surface area contributed by atoms with Crippen molar-refractivity contribution in [2.75, 3.05) is 5.32 Å². The van der Waals surface area contributed by atoms with Crippen molar-refractivity contribution in [1.82, 2.24) is 25.5 Å². The number of halogens is 2. The summed E-state index contributed by atoms with van der Waals surface area (Å²) >= 11 is 12.1. The van der Waals surface area contributed by atoms with Gasteiger partial charge in [-0.1, -0.05) is 35.3 Å². The highest BCUT2D eigenvalue weighted by atomic mass is 35.5. The predicted molar refractivity (Wildman–Crippen MR) is 101 cm³/mol. The number of hydrogen-bond donors (Lipinski definition) is 2. The highest BCUT2D eigenvalue weighted by Gasteiger charge is 2.13. The number of hydrogen-bond acceptors (Lipinski definition) is 4. The quantitative estimate of drug-likeness (QED) is 0.700. The van der Waals surface area contributed by atoms with E-state index in [1.807, 2.05) is 19.1 Å². The number of tetrazole rings is 1. The molecule has 0 spiro atoms. The highest BCUT2D eigenvalue weighted by Crippen LogP contribution is 2.26. The van der Waals surface area contributed by atoms with Crippen molar-refractivity contribution in [1.29, 1.82) is 0 Å². The maximum Gasteiger partial charge on any atom is 0.319 e. The molecule has 0 unspecified atom stereocenters. The van der Waals surface area contributed by atoms with Crippen molar-refractivity contribution in [3.8, 4) is 5.69 Å². The molecular weight excluding hydrogens is 375 g/mol. The number of benzene rings is 2. The topological polar surface area (TPSA) is 84.7 Å². The van der Waals surface area contributed by atoms with Gasteiger partial charge >= 0.3 is 6.03 Å². The van der Waals surface area contributed by atoms with Crippen molar-refractivity contribution in [2.45, 2.75) is 19.9 Å². The molecule has 9 heteroatoms. The molecule has 1 atom stereocenters. The predicted octanol–water partition coefficient (Wildman–Crippen LogP) is 4.16. The van der Waals surface area contributed by atoms with Crippen molar-refractivity contribution < 1.29 is 4.79 Å². The summed E-state index contributed by atoms with van der Waals surface area (Å²) in [7, 11) is 0. The van der Waals surface area contributed by atoms with Gasteiger partial charge in [0.05, 0.1) is 11.7 Å². The van der Waals surface area contributed by atoms with Crippen LogP contribution < -0.4 is 10.6 Å². The Morgan fingerprint density at radius 1 is 1.19 bits per heavy atom. The van der Waals surface area contributed by atoms with E-state index in [4.69, 9.17) is 23.2 Å². The van der Waals surface area contributed by atoms with Crippen LogP contribution in [0.3, 0.4) is 0 Å². The van der Waals surface area contributed by atoms with E-state index in [9.17, 15) is 4.79 Å². The average Bonchev–Trinajstić information content (AvgIpc) is 3.00. The maximum atomic E-state index is 12.3. The monoisotopic (exact) mass is 390 g/mol. The Kier molecular flexibility index (Phi) is 5.39. The number of amides is 2. The van der Waals surface area contributed by atoms with Gasteiger partial charge in [0, 0.05) is 15.7 Å². The average molecular weight is 391 g/mol. The van der Waals surface area contributed by atoms with Gasteiger partial charge in [-0.2, -0.15) is 4.68 Å². The molecular formula is C17H16Cl2N6O. The number of aryl methyl sites for hydroxylation is 1. The second-order valence-electron chi connectivity index (χ2n) is 5.67. The van der Waals surface area contributed by atoms with Gasteiger partial charge in [0.1, 0.15) is 0 Å². The molecule has 2 amide bonds. The Morgan fingerprint density at radius 2 is 2.00 bits per heavy atom. The second kappa shape index (κ2) is 7.72. The molecule has 1 heterocycles. The Bertz CT molecular complexity index is 943. The van der Waals surface area contributed by atoms with Crippen molar-refractivity contribution in [3.05, 3.63) is 63.9 Å². The first-order chi connectivity index (χ1) is 12.4. The molecule has 1 aromatic heterocycles. The smallest absolute Gasteiger partial charge is 0.319 e. The molecule has 0 saturated heterocycles. The molecule has 134 valence electrons. The summed E-state index contributed by atoms with van der Waals surface area (Å²) in [5.41, 5.74) is 2.15. The largest absolute Gasteiger partial charge is 0.331 e. The zero-order chi connectivity index (χ0) is 18.7. The van der Waals surface area contributed by atoms with E-state index in [2.05, 4.69) is 26.2 Å². The van der Waals surface area contributed by atoms with Gasteiger partial charge in [-0.3, -0.25) is 0 Å². The third-order valence-corrected chi connectivity index (χ3v) is 4.31. The summed E-state index contributed by atoms with van der Waals surface area (Å²) in [6.07, 6.45) is 0. The van der Waals surface area contributed by atoms with Gasteiger partial charge in [0.25, 0.3) is 0 Å². The van der Waals surface area contributed by atoms with Crippen molar-refractivity contribution in [3.63, 3.8) is 0 Å². The normalized spacial score (nSPS) is 11.8. The van der Waals surface area contributed by atoms with Gasteiger partial charge in [0.15, 0.2) is 5.82 Å². The number of anilines is 1. The number of carbonyl (C=O) groups excluding carboxylic acids is 1. The van der Waals surface area contributed by atoms with E-state index in [0.29, 0.717) is 21.6 Å². The van der Waals surface area contributed by atoms with Crippen LogP contribution in [0, 0.1) is 6.92 Å². The number of carbonyl (C=O) groups is 1. The molecule has 0 bridgehead atoms. The minimum absolute atomic E-state index is 0.287. The van der Waals surface area contributed by atoms with Crippen LogP contribution in [0.1, 0.15) is 24.4 Å². The number of urea groups is 1. The lowest BCUT2D eigenvalue weighted by Gasteiger charge is -2.17. The molecule has 0 radical (unpaired) electrons. The number of aromatic nitrogens is 4. The highest BCUT2D eigenvalue weighted by molar-refractivity contribution is 6.35. The second-order valence-corrected chi connectivity index (χ2v) is 6.52. The lowest BCUT2D eigenvalue weighted by molar-refractivity contribution is 0.249. The summed E-state index contributed by atoms with van der Waals surface area (Å²) in [6, 6.07) is 11.7. The first-order valence-electron chi connectivity index (χ1n) is 7.82. The van der Waals surface area contributed by atoms with Gasteiger partial charge in [0.2, 0.25) is 0 Å². The minimum Gasteiger partial charge on any atom is -0.331 e. The van der Waals surface area contributed by atoms with E-state index in [-0.39, 0.29) is 12.1 Å². The zero-order valence-electron chi connectivity index (χ0n) is 14.1. The summed E-state index contributed by atoms with van der Waals surface area (Å²) in [6.45, 7) is 3.64. The maximum absolute atomic E-state index is 12.3. The van der Waals surface area contributed by atoms with E-state index in [1.54, 1.807) is 41.9 Å². The fourth-order valence-electron chi connectivity index (χ4n) is 2.48. The van der Waals surface area contributed by atoms with Gasteiger partial charge in [-0.15, -0.1) is 5.10 Å². The molecule has 2 N–H and O–H groups in total. The Balaban J connectivity index is 1.69.